The van der Waals surface area contributed by atoms with Crippen molar-refractivity contribution < 1.29 is 19.1 Å². The van der Waals surface area contributed by atoms with Crippen LogP contribution in [-0.4, -0.2) is 31.6 Å². The van der Waals surface area contributed by atoms with Crippen molar-refractivity contribution in [1.82, 2.24) is 5.32 Å². The fourth-order valence-corrected chi connectivity index (χ4v) is 2.45. The van der Waals surface area contributed by atoms with E-state index in [1.807, 2.05) is 13.8 Å². The van der Waals surface area contributed by atoms with Gasteiger partial charge in [-0.15, -0.1) is 0 Å². The standard InChI is InChI=1S/C17H24N2O4/c1-3-12(4-2)17(21)18-8-7-16(20)19-13-5-6-14-15(11-13)23-10-9-22-14/h5-6,11-12H,3-4,7-10H2,1-2H3,(H,18,21)(H,19,20). The Bertz CT molecular complexity index is 556. The summed E-state index contributed by atoms with van der Waals surface area (Å²) in [6.07, 6.45) is 1.86. The molecule has 6 nitrogen and oxygen atoms in total. The number of amides is 2. The van der Waals surface area contributed by atoms with Crippen molar-refractivity contribution in [2.75, 3.05) is 25.1 Å². The molecule has 0 aromatic heterocycles. The van der Waals surface area contributed by atoms with Gasteiger partial charge >= 0.3 is 0 Å². The Morgan fingerprint density at radius 1 is 1.13 bits per heavy atom. The third-order valence-corrected chi connectivity index (χ3v) is 3.83. The molecule has 6 heteroatoms. The van der Waals surface area contributed by atoms with Crippen molar-refractivity contribution >= 4 is 17.5 Å². The second-order valence-electron chi connectivity index (χ2n) is 5.46. The van der Waals surface area contributed by atoms with Crippen LogP contribution in [-0.2, 0) is 9.59 Å². The van der Waals surface area contributed by atoms with Crippen LogP contribution in [0.25, 0.3) is 0 Å². The first-order valence-corrected chi connectivity index (χ1v) is 8.11. The molecule has 0 aliphatic carbocycles. The number of fused-ring (bicyclic) bond motifs is 1. The molecule has 2 N–H and O–H groups in total. The van der Waals surface area contributed by atoms with Gasteiger partial charge in [-0.05, 0) is 25.0 Å². The maximum absolute atomic E-state index is 11.9. The van der Waals surface area contributed by atoms with E-state index in [1.54, 1.807) is 18.2 Å². The molecule has 1 aromatic carbocycles. The Balaban J connectivity index is 1.78. The fraction of sp³-hybridized carbons (Fsp3) is 0.529. The van der Waals surface area contributed by atoms with Gasteiger partial charge in [0.25, 0.3) is 0 Å². The zero-order chi connectivity index (χ0) is 16.7. The topological polar surface area (TPSA) is 76.7 Å². The number of carbonyl (C=O) groups is 2. The molecule has 1 heterocycles. The van der Waals surface area contributed by atoms with Crippen molar-refractivity contribution in [3.8, 4) is 11.5 Å². The van der Waals surface area contributed by atoms with Gasteiger partial charge in [0.15, 0.2) is 11.5 Å². The lowest BCUT2D eigenvalue weighted by molar-refractivity contribution is -0.125. The Labute approximate surface area is 136 Å². The lowest BCUT2D eigenvalue weighted by Crippen LogP contribution is -2.32. The van der Waals surface area contributed by atoms with Crippen LogP contribution in [0.3, 0.4) is 0 Å². The summed E-state index contributed by atoms with van der Waals surface area (Å²) in [4.78, 5) is 23.8. The van der Waals surface area contributed by atoms with Crippen molar-refractivity contribution in [3.63, 3.8) is 0 Å². The predicted octanol–water partition coefficient (Wildman–Crippen LogP) is 2.34. The van der Waals surface area contributed by atoms with E-state index in [-0.39, 0.29) is 24.2 Å². The molecule has 0 fully saturated rings. The molecule has 2 rings (SSSR count). The fourth-order valence-electron chi connectivity index (χ4n) is 2.45. The average molecular weight is 320 g/mol. The Morgan fingerprint density at radius 2 is 1.83 bits per heavy atom. The summed E-state index contributed by atoms with van der Waals surface area (Å²) >= 11 is 0. The SMILES string of the molecule is CCC(CC)C(=O)NCCC(=O)Nc1ccc2c(c1)OCCO2. The Hall–Kier alpha value is -2.24. The van der Waals surface area contributed by atoms with E-state index in [9.17, 15) is 9.59 Å². The molecular weight excluding hydrogens is 296 g/mol. The normalized spacial score (nSPS) is 12.8. The monoisotopic (exact) mass is 320 g/mol. The minimum absolute atomic E-state index is 0.0159. The number of ether oxygens (including phenoxy) is 2. The van der Waals surface area contributed by atoms with Gasteiger partial charge in [-0.3, -0.25) is 9.59 Å². The van der Waals surface area contributed by atoms with Gasteiger partial charge in [-0.25, -0.2) is 0 Å². The molecule has 0 saturated heterocycles. The van der Waals surface area contributed by atoms with Crippen molar-refractivity contribution in [2.45, 2.75) is 33.1 Å². The van der Waals surface area contributed by atoms with E-state index in [1.165, 1.54) is 0 Å². The van der Waals surface area contributed by atoms with Crippen LogP contribution >= 0.6 is 0 Å². The smallest absolute Gasteiger partial charge is 0.226 e. The number of anilines is 1. The van der Waals surface area contributed by atoms with Gasteiger partial charge in [0.05, 0.1) is 0 Å². The summed E-state index contributed by atoms with van der Waals surface area (Å²) < 4.78 is 10.9. The van der Waals surface area contributed by atoms with Crippen molar-refractivity contribution in [2.24, 2.45) is 5.92 Å². The Kier molecular flexibility index (Phi) is 6.26. The maximum Gasteiger partial charge on any atom is 0.226 e. The van der Waals surface area contributed by atoms with Crippen LogP contribution in [0.5, 0.6) is 11.5 Å². The third-order valence-electron chi connectivity index (χ3n) is 3.83. The van der Waals surface area contributed by atoms with E-state index in [4.69, 9.17) is 9.47 Å². The van der Waals surface area contributed by atoms with E-state index >= 15 is 0 Å². The number of hydrogen-bond donors (Lipinski definition) is 2. The summed E-state index contributed by atoms with van der Waals surface area (Å²) in [5, 5.41) is 5.60. The first-order valence-electron chi connectivity index (χ1n) is 8.11. The number of nitrogens with one attached hydrogen (secondary N) is 2. The second-order valence-corrected chi connectivity index (χ2v) is 5.46. The van der Waals surface area contributed by atoms with Crippen LogP contribution in [0.4, 0.5) is 5.69 Å². The van der Waals surface area contributed by atoms with Gasteiger partial charge in [-0.1, -0.05) is 13.8 Å². The zero-order valence-electron chi connectivity index (χ0n) is 13.7. The van der Waals surface area contributed by atoms with Crippen LogP contribution in [0.15, 0.2) is 18.2 Å². The van der Waals surface area contributed by atoms with Crippen molar-refractivity contribution in [3.05, 3.63) is 18.2 Å². The average Bonchev–Trinajstić information content (AvgIpc) is 2.56. The molecule has 0 spiro atoms. The van der Waals surface area contributed by atoms with Gasteiger partial charge in [0, 0.05) is 30.6 Å². The van der Waals surface area contributed by atoms with E-state index in [2.05, 4.69) is 10.6 Å². The lowest BCUT2D eigenvalue weighted by atomic mass is 10.0. The largest absolute Gasteiger partial charge is 0.486 e. The van der Waals surface area contributed by atoms with Crippen molar-refractivity contribution in [1.29, 1.82) is 0 Å². The molecule has 2 amide bonds. The van der Waals surface area contributed by atoms with Gasteiger partial charge in [-0.2, -0.15) is 0 Å². The predicted molar refractivity (Wildman–Crippen MR) is 87.8 cm³/mol. The molecule has 1 aliphatic heterocycles. The van der Waals surface area contributed by atoms with Gasteiger partial charge in [0.1, 0.15) is 13.2 Å². The number of rotatable bonds is 7. The highest BCUT2D eigenvalue weighted by Gasteiger charge is 2.15. The highest BCUT2D eigenvalue weighted by atomic mass is 16.6. The summed E-state index contributed by atoms with van der Waals surface area (Å²) in [5.74, 6) is 1.22. The number of hydrogen-bond acceptors (Lipinski definition) is 4. The van der Waals surface area contributed by atoms with Gasteiger partial charge < -0.3 is 20.1 Å². The van der Waals surface area contributed by atoms with Crippen LogP contribution < -0.4 is 20.1 Å². The molecule has 0 saturated carbocycles. The molecule has 0 atom stereocenters. The minimum Gasteiger partial charge on any atom is -0.486 e. The summed E-state index contributed by atoms with van der Waals surface area (Å²) in [6.45, 7) is 5.36. The Morgan fingerprint density at radius 3 is 2.52 bits per heavy atom. The first kappa shape index (κ1) is 17.1. The quantitative estimate of drug-likeness (QED) is 0.808. The zero-order valence-corrected chi connectivity index (χ0v) is 13.7. The summed E-state index contributed by atoms with van der Waals surface area (Å²) in [7, 11) is 0. The van der Waals surface area contributed by atoms with E-state index < -0.39 is 0 Å². The molecule has 0 bridgehead atoms. The van der Waals surface area contributed by atoms with Crippen LogP contribution in [0.2, 0.25) is 0 Å². The number of benzene rings is 1. The highest BCUT2D eigenvalue weighted by Crippen LogP contribution is 2.32. The minimum atomic E-state index is -0.147. The van der Waals surface area contributed by atoms with Crippen LogP contribution in [0.1, 0.15) is 33.1 Å². The van der Waals surface area contributed by atoms with Gasteiger partial charge in [0.2, 0.25) is 11.8 Å². The lowest BCUT2D eigenvalue weighted by Gasteiger charge is -2.19. The molecule has 126 valence electrons. The highest BCUT2D eigenvalue weighted by molar-refractivity contribution is 5.91. The molecule has 1 aromatic rings. The second kappa shape index (κ2) is 8.41. The first-order chi connectivity index (χ1) is 11.1. The number of carbonyl (C=O) groups excluding carboxylic acids is 2. The maximum atomic E-state index is 11.9. The molecule has 0 unspecified atom stereocenters. The summed E-state index contributed by atoms with van der Waals surface area (Å²) in [5.41, 5.74) is 0.658. The van der Waals surface area contributed by atoms with E-state index in [0.29, 0.717) is 36.9 Å². The molecule has 1 aliphatic rings. The third kappa shape index (κ3) is 4.87. The van der Waals surface area contributed by atoms with Crippen LogP contribution in [0, 0.1) is 5.92 Å². The molecule has 0 radical (unpaired) electrons. The molecular formula is C17H24N2O4. The molecule has 23 heavy (non-hydrogen) atoms. The summed E-state index contributed by atoms with van der Waals surface area (Å²) in [6, 6.07) is 5.29. The van der Waals surface area contributed by atoms with E-state index in [0.717, 1.165) is 12.8 Å².